The number of carbonyl (C=O) groups is 1. The lowest BCUT2D eigenvalue weighted by Crippen LogP contribution is -2.02. The van der Waals surface area contributed by atoms with Crippen molar-refractivity contribution < 1.29 is 18.3 Å². The summed E-state index contributed by atoms with van der Waals surface area (Å²) in [6.45, 7) is 0.701. The number of Topliss-reactive ketones (excluding diaryl/α,β-unsaturated/α-hetero) is 1. The van der Waals surface area contributed by atoms with Gasteiger partial charge in [-0.05, 0) is 41.8 Å². The second-order valence-electron chi connectivity index (χ2n) is 5.09. The van der Waals surface area contributed by atoms with Gasteiger partial charge in [-0.15, -0.1) is 0 Å². The van der Waals surface area contributed by atoms with Gasteiger partial charge in [-0.25, -0.2) is 8.78 Å². The molecule has 0 unspecified atom stereocenters. The molecule has 2 aromatic rings. The first-order valence-electron chi connectivity index (χ1n) is 6.86. The maximum Gasteiger partial charge on any atom is 0.163 e. The molecule has 21 heavy (non-hydrogen) atoms. The molecule has 0 saturated carbocycles. The Bertz CT molecular complexity index is 695. The number of aryl methyl sites for hydroxylation is 1. The van der Waals surface area contributed by atoms with E-state index >= 15 is 0 Å². The summed E-state index contributed by atoms with van der Waals surface area (Å²) in [5.74, 6) is -1.21. The Morgan fingerprint density at radius 2 is 1.95 bits per heavy atom. The van der Waals surface area contributed by atoms with E-state index in [1.54, 1.807) is 0 Å². The van der Waals surface area contributed by atoms with Crippen LogP contribution in [0.4, 0.5) is 8.78 Å². The molecule has 0 radical (unpaired) electrons. The third kappa shape index (κ3) is 2.94. The van der Waals surface area contributed by atoms with Crippen LogP contribution in [-0.4, -0.2) is 12.4 Å². The molecule has 4 heteroatoms. The van der Waals surface area contributed by atoms with Gasteiger partial charge in [0, 0.05) is 18.4 Å². The van der Waals surface area contributed by atoms with Crippen LogP contribution < -0.4 is 4.74 Å². The smallest absolute Gasteiger partial charge is 0.163 e. The van der Waals surface area contributed by atoms with E-state index in [4.69, 9.17) is 4.74 Å². The van der Waals surface area contributed by atoms with Crippen LogP contribution in [-0.2, 0) is 12.8 Å². The zero-order valence-corrected chi connectivity index (χ0v) is 11.4. The molecule has 2 aromatic carbocycles. The minimum Gasteiger partial charge on any atom is -0.493 e. The molecule has 0 fully saturated rings. The second-order valence-corrected chi connectivity index (χ2v) is 5.09. The highest BCUT2D eigenvalue weighted by molar-refractivity contribution is 5.96. The highest BCUT2D eigenvalue weighted by atomic mass is 19.2. The first kappa shape index (κ1) is 13.7. The van der Waals surface area contributed by atoms with Gasteiger partial charge in [0.2, 0.25) is 0 Å². The Balaban J connectivity index is 1.67. The fraction of sp³-hybridized carbons (Fsp3) is 0.235. The topological polar surface area (TPSA) is 26.3 Å². The van der Waals surface area contributed by atoms with Crippen molar-refractivity contribution in [2.24, 2.45) is 0 Å². The summed E-state index contributed by atoms with van der Waals surface area (Å²) in [6, 6.07) is 9.14. The van der Waals surface area contributed by atoms with E-state index in [-0.39, 0.29) is 17.8 Å². The summed E-state index contributed by atoms with van der Waals surface area (Å²) in [7, 11) is 0. The third-order valence-electron chi connectivity index (χ3n) is 3.64. The second kappa shape index (κ2) is 5.64. The van der Waals surface area contributed by atoms with E-state index in [1.165, 1.54) is 6.07 Å². The van der Waals surface area contributed by atoms with Crippen molar-refractivity contribution in [2.75, 3.05) is 6.61 Å². The van der Waals surface area contributed by atoms with Crippen molar-refractivity contribution in [3.05, 3.63) is 64.7 Å². The molecule has 1 aliphatic rings. The number of carbonyl (C=O) groups excluding carboxylic acids is 1. The number of hydrogen-bond acceptors (Lipinski definition) is 2. The number of hydrogen-bond donors (Lipinski definition) is 0. The predicted octanol–water partition coefficient (Wildman–Crippen LogP) is 3.72. The summed E-state index contributed by atoms with van der Waals surface area (Å²) in [5, 5.41) is 0. The highest BCUT2D eigenvalue weighted by Crippen LogP contribution is 2.26. The van der Waals surface area contributed by atoms with Gasteiger partial charge in [0.1, 0.15) is 5.75 Å². The van der Waals surface area contributed by atoms with Crippen molar-refractivity contribution >= 4 is 5.78 Å². The van der Waals surface area contributed by atoms with Crippen LogP contribution >= 0.6 is 0 Å². The lowest BCUT2D eigenvalue weighted by Gasteiger charge is -2.05. The molecule has 1 heterocycles. The molecule has 0 aromatic heterocycles. The number of ether oxygens (including phenoxy) is 1. The average Bonchev–Trinajstić information content (AvgIpc) is 2.95. The Labute approximate surface area is 121 Å². The summed E-state index contributed by atoms with van der Waals surface area (Å²) in [5.41, 5.74) is 2.42. The van der Waals surface area contributed by atoms with Crippen LogP contribution in [0.1, 0.15) is 27.9 Å². The van der Waals surface area contributed by atoms with Gasteiger partial charge in [0.15, 0.2) is 17.4 Å². The molecular weight excluding hydrogens is 274 g/mol. The van der Waals surface area contributed by atoms with E-state index in [0.29, 0.717) is 13.0 Å². The van der Waals surface area contributed by atoms with Crippen LogP contribution in [0, 0.1) is 11.6 Å². The van der Waals surface area contributed by atoms with Crippen molar-refractivity contribution in [3.8, 4) is 5.75 Å². The molecule has 0 N–H and O–H groups in total. The van der Waals surface area contributed by atoms with Crippen molar-refractivity contribution in [3.63, 3.8) is 0 Å². The van der Waals surface area contributed by atoms with E-state index in [2.05, 4.69) is 0 Å². The Hall–Kier alpha value is -2.23. The summed E-state index contributed by atoms with van der Waals surface area (Å²) in [6.07, 6.45) is 1.73. The molecule has 0 bridgehead atoms. The van der Waals surface area contributed by atoms with Crippen molar-refractivity contribution in [1.29, 1.82) is 0 Å². The van der Waals surface area contributed by atoms with Crippen molar-refractivity contribution in [2.45, 2.75) is 19.3 Å². The SMILES string of the molecule is O=C(CCc1ccc2c(c1)CCO2)c1ccc(F)c(F)c1. The monoisotopic (exact) mass is 288 g/mol. The lowest BCUT2D eigenvalue weighted by molar-refractivity contribution is 0.0982. The van der Waals surface area contributed by atoms with Gasteiger partial charge in [-0.1, -0.05) is 12.1 Å². The predicted molar refractivity (Wildman–Crippen MR) is 74.7 cm³/mol. The van der Waals surface area contributed by atoms with Gasteiger partial charge in [-0.2, -0.15) is 0 Å². The first-order chi connectivity index (χ1) is 10.1. The fourth-order valence-electron chi connectivity index (χ4n) is 2.47. The molecule has 108 valence electrons. The van der Waals surface area contributed by atoms with Gasteiger partial charge in [0.25, 0.3) is 0 Å². The normalized spacial score (nSPS) is 12.9. The van der Waals surface area contributed by atoms with E-state index in [0.717, 1.165) is 35.4 Å². The fourth-order valence-corrected chi connectivity index (χ4v) is 2.47. The Morgan fingerprint density at radius 3 is 2.76 bits per heavy atom. The number of rotatable bonds is 4. The molecule has 0 saturated heterocycles. The van der Waals surface area contributed by atoms with Gasteiger partial charge < -0.3 is 4.74 Å². The van der Waals surface area contributed by atoms with E-state index in [1.807, 2.05) is 18.2 Å². The largest absolute Gasteiger partial charge is 0.493 e. The summed E-state index contributed by atoms with van der Waals surface area (Å²) in [4.78, 5) is 12.0. The standard InChI is InChI=1S/C17H14F2O2/c18-14-4-3-12(10-15(14)19)16(20)5-1-11-2-6-17-13(9-11)7-8-21-17/h2-4,6,9-10H,1,5,7-8H2. The lowest BCUT2D eigenvalue weighted by atomic mass is 10.0. The molecule has 2 nitrogen and oxygen atoms in total. The Morgan fingerprint density at radius 1 is 1.10 bits per heavy atom. The maximum atomic E-state index is 13.1. The quantitative estimate of drug-likeness (QED) is 0.802. The first-order valence-corrected chi connectivity index (χ1v) is 6.86. The van der Waals surface area contributed by atoms with E-state index in [9.17, 15) is 13.6 Å². The maximum absolute atomic E-state index is 13.1. The van der Waals surface area contributed by atoms with Crippen LogP contribution in [0.3, 0.4) is 0 Å². The molecule has 0 atom stereocenters. The number of benzene rings is 2. The third-order valence-corrected chi connectivity index (χ3v) is 3.64. The zero-order valence-electron chi connectivity index (χ0n) is 11.4. The molecular formula is C17H14F2O2. The van der Waals surface area contributed by atoms with Gasteiger partial charge >= 0.3 is 0 Å². The average molecular weight is 288 g/mol. The number of halogens is 2. The van der Waals surface area contributed by atoms with Crippen LogP contribution in [0.15, 0.2) is 36.4 Å². The number of fused-ring (bicyclic) bond motifs is 1. The molecule has 3 rings (SSSR count). The van der Waals surface area contributed by atoms with Crippen LogP contribution in [0.5, 0.6) is 5.75 Å². The molecule has 0 amide bonds. The Kier molecular flexibility index (Phi) is 3.69. The number of ketones is 1. The summed E-state index contributed by atoms with van der Waals surface area (Å²) >= 11 is 0. The molecule has 0 spiro atoms. The molecule has 1 aliphatic heterocycles. The molecule has 0 aliphatic carbocycles. The van der Waals surface area contributed by atoms with Gasteiger partial charge in [-0.3, -0.25) is 4.79 Å². The van der Waals surface area contributed by atoms with Gasteiger partial charge in [0.05, 0.1) is 6.61 Å². The van der Waals surface area contributed by atoms with Crippen LogP contribution in [0.25, 0.3) is 0 Å². The van der Waals surface area contributed by atoms with Crippen molar-refractivity contribution in [1.82, 2.24) is 0 Å². The zero-order chi connectivity index (χ0) is 14.8. The van der Waals surface area contributed by atoms with E-state index < -0.39 is 11.6 Å². The minimum absolute atomic E-state index is 0.189. The van der Waals surface area contributed by atoms with Crippen LogP contribution in [0.2, 0.25) is 0 Å². The summed E-state index contributed by atoms with van der Waals surface area (Å²) < 4.78 is 31.4. The minimum atomic E-state index is -0.990. The highest BCUT2D eigenvalue weighted by Gasteiger charge is 2.13.